The minimum Gasteiger partial charge on any atom is -0.357 e. The summed E-state index contributed by atoms with van der Waals surface area (Å²) in [7, 11) is -1.38. The molecule has 1 saturated heterocycles. The first-order valence-corrected chi connectivity index (χ1v) is 9.63. The summed E-state index contributed by atoms with van der Waals surface area (Å²) in [5.74, 6) is 1.05. The third-order valence-electron chi connectivity index (χ3n) is 4.16. The summed E-state index contributed by atoms with van der Waals surface area (Å²) < 4.78 is 23.0. The van der Waals surface area contributed by atoms with E-state index < -0.39 is 9.84 Å². The highest BCUT2D eigenvalue weighted by Crippen LogP contribution is 2.18. The third-order valence-corrected chi connectivity index (χ3v) is 5.91. The van der Waals surface area contributed by atoms with E-state index in [0.29, 0.717) is 12.1 Å². The fraction of sp³-hybridized carbons (Fsp3) is 0.600. The van der Waals surface area contributed by atoms with Crippen LogP contribution in [0, 0.1) is 0 Å². The molecule has 7 nitrogen and oxygen atoms in total. The highest BCUT2D eigenvalue weighted by Gasteiger charge is 2.32. The van der Waals surface area contributed by atoms with Gasteiger partial charge in [-0.25, -0.2) is 18.2 Å². The molecule has 0 unspecified atom stereocenters. The zero-order valence-corrected chi connectivity index (χ0v) is 14.6. The number of sulfone groups is 1. The molecule has 1 aromatic rings. The number of nitrogens with zero attached hydrogens (tertiary/aromatic N) is 3. The molecule has 2 rings (SSSR count). The lowest BCUT2D eigenvalue weighted by atomic mass is 10.2. The summed E-state index contributed by atoms with van der Waals surface area (Å²) in [6.45, 7) is 5.86. The van der Waals surface area contributed by atoms with Crippen LogP contribution in [0.15, 0.2) is 18.3 Å². The van der Waals surface area contributed by atoms with Crippen molar-refractivity contribution in [1.82, 2.24) is 9.88 Å². The summed E-state index contributed by atoms with van der Waals surface area (Å²) in [5.41, 5.74) is 0.596. The highest BCUT2D eigenvalue weighted by atomic mass is 32.2. The third kappa shape index (κ3) is 4.34. The molecule has 1 atom stereocenters. The Morgan fingerprint density at radius 3 is 2.52 bits per heavy atom. The van der Waals surface area contributed by atoms with Gasteiger partial charge in [0.05, 0.1) is 23.4 Å². The van der Waals surface area contributed by atoms with Crippen molar-refractivity contribution in [3.63, 3.8) is 0 Å². The van der Waals surface area contributed by atoms with Crippen molar-refractivity contribution >= 4 is 27.4 Å². The van der Waals surface area contributed by atoms with Crippen molar-refractivity contribution in [3.05, 3.63) is 18.3 Å². The molecule has 0 radical (unpaired) electrons. The average Bonchev–Trinajstić information content (AvgIpc) is 2.89. The van der Waals surface area contributed by atoms with Crippen LogP contribution in [-0.2, 0) is 9.84 Å². The van der Waals surface area contributed by atoms with Crippen molar-refractivity contribution in [2.24, 2.45) is 0 Å². The zero-order valence-electron chi connectivity index (χ0n) is 13.8. The largest absolute Gasteiger partial charge is 0.357 e. The van der Waals surface area contributed by atoms with Crippen molar-refractivity contribution in [3.8, 4) is 0 Å². The number of nitrogens with one attached hydrogen (secondary N) is 1. The van der Waals surface area contributed by atoms with Gasteiger partial charge in [-0.15, -0.1) is 0 Å². The summed E-state index contributed by atoms with van der Waals surface area (Å²) in [6.07, 6.45) is 2.11. The van der Waals surface area contributed by atoms with Crippen LogP contribution in [0.2, 0.25) is 0 Å². The van der Waals surface area contributed by atoms with Gasteiger partial charge in [-0.2, -0.15) is 0 Å². The molecule has 0 bridgehead atoms. The second-order valence-electron chi connectivity index (χ2n) is 5.68. The van der Waals surface area contributed by atoms with Gasteiger partial charge in [-0.3, -0.25) is 0 Å². The Labute approximate surface area is 137 Å². The average molecular weight is 340 g/mol. The monoisotopic (exact) mass is 340 g/mol. The van der Waals surface area contributed by atoms with Crippen LogP contribution < -0.4 is 10.2 Å². The van der Waals surface area contributed by atoms with Gasteiger partial charge in [0, 0.05) is 26.2 Å². The summed E-state index contributed by atoms with van der Waals surface area (Å²) in [5, 5.41) is 2.76. The van der Waals surface area contributed by atoms with Gasteiger partial charge < -0.3 is 15.1 Å². The lowest BCUT2D eigenvalue weighted by Crippen LogP contribution is -2.40. The Morgan fingerprint density at radius 1 is 1.35 bits per heavy atom. The molecule has 0 saturated carbocycles. The number of hydrogen-bond acceptors (Lipinski definition) is 5. The van der Waals surface area contributed by atoms with Crippen molar-refractivity contribution in [1.29, 1.82) is 0 Å². The Hall–Kier alpha value is -1.83. The molecule has 1 N–H and O–H groups in total. The smallest absolute Gasteiger partial charge is 0.321 e. The maximum Gasteiger partial charge on any atom is 0.321 e. The highest BCUT2D eigenvalue weighted by molar-refractivity contribution is 7.91. The molecule has 1 aliphatic rings. The SMILES string of the molecule is CCN(CC)c1ccc(NC(=O)N(C)[C@H]2CCS(=O)(=O)C2)cn1. The van der Waals surface area contributed by atoms with E-state index in [-0.39, 0.29) is 23.6 Å². The van der Waals surface area contributed by atoms with Crippen molar-refractivity contribution in [2.75, 3.05) is 41.9 Å². The molecule has 8 heteroatoms. The van der Waals surface area contributed by atoms with Gasteiger partial charge in [0.1, 0.15) is 5.82 Å². The fourth-order valence-corrected chi connectivity index (χ4v) is 4.43. The quantitative estimate of drug-likeness (QED) is 0.880. The van der Waals surface area contributed by atoms with Crippen LogP contribution in [0.5, 0.6) is 0 Å². The predicted octanol–water partition coefficient (Wildman–Crippen LogP) is 1.58. The van der Waals surface area contributed by atoms with Crippen LogP contribution in [0.1, 0.15) is 20.3 Å². The summed E-state index contributed by atoms with van der Waals surface area (Å²) in [4.78, 5) is 20.1. The number of aromatic nitrogens is 1. The van der Waals surface area contributed by atoms with Crippen molar-refractivity contribution in [2.45, 2.75) is 26.3 Å². The number of amides is 2. The number of urea groups is 1. The first-order valence-electron chi connectivity index (χ1n) is 7.81. The van der Waals surface area contributed by atoms with Gasteiger partial charge in [-0.05, 0) is 32.4 Å². The maximum absolute atomic E-state index is 12.2. The number of pyridine rings is 1. The van der Waals surface area contributed by atoms with Gasteiger partial charge >= 0.3 is 6.03 Å². The minimum atomic E-state index is -3.01. The van der Waals surface area contributed by atoms with E-state index in [1.807, 2.05) is 6.07 Å². The number of anilines is 2. The second-order valence-corrected chi connectivity index (χ2v) is 7.90. The van der Waals surface area contributed by atoms with Crippen LogP contribution in [0.3, 0.4) is 0 Å². The van der Waals surface area contributed by atoms with Gasteiger partial charge in [0.2, 0.25) is 0 Å². The summed E-state index contributed by atoms with van der Waals surface area (Å²) >= 11 is 0. The van der Waals surface area contributed by atoms with Gasteiger partial charge in [0.15, 0.2) is 9.84 Å². The Balaban J connectivity index is 1.97. The molecule has 2 heterocycles. The zero-order chi connectivity index (χ0) is 17.0. The Morgan fingerprint density at radius 2 is 2.04 bits per heavy atom. The van der Waals surface area contributed by atoms with E-state index in [2.05, 4.69) is 29.0 Å². The van der Waals surface area contributed by atoms with E-state index in [1.165, 1.54) is 4.90 Å². The molecule has 0 spiro atoms. The van der Waals surface area contributed by atoms with E-state index in [1.54, 1.807) is 19.3 Å². The number of carbonyl (C=O) groups is 1. The Kier molecular flexibility index (Phi) is 5.46. The first-order chi connectivity index (χ1) is 10.9. The molecule has 23 heavy (non-hydrogen) atoms. The molecule has 128 valence electrons. The molecule has 1 fully saturated rings. The molecule has 1 aromatic heterocycles. The van der Waals surface area contributed by atoms with E-state index >= 15 is 0 Å². The molecule has 2 amide bonds. The normalized spacial score (nSPS) is 19.3. The van der Waals surface area contributed by atoms with Gasteiger partial charge in [0.25, 0.3) is 0 Å². The van der Waals surface area contributed by atoms with E-state index in [9.17, 15) is 13.2 Å². The van der Waals surface area contributed by atoms with Crippen LogP contribution in [-0.4, -0.2) is 62.0 Å². The van der Waals surface area contributed by atoms with Crippen LogP contribution in [0.25, 0.3) is 0 Å². The van der Waals surface area contributed by atoms with Gasteiger partial charge in [-0.1, -0.05) is 0 Å². The Bertz CT molecular complexity index is 641. The number of hydrogen-bond donors (Lipinski definition) is 1. The van der Waals surface area contributed by atoms with Crippen molar-refractivity contribution < 1.29 is 13.2 Å². The summed E-state index contributed by atoms with van der Waals surface area (Å²) in [6, 6.07) is 3.09. The first kappa shape index (κ1) is 17.5. The number of carbonyl (C=O) groups excluding carboxylic acids is 1. The lowest BCUT2D eigenvalue weighted by molar-refractivity contribution is 0.209. The van der Waals surface area contributed by atoms with Crippen LogP contribution in [0.4, 0.5) is 16.3 Å². The second kappa shape index (κ2) is 7.16. The van der Waals surface area contributed by atoms with E-state index in [4.69, 9.17) is 0 Å². The lowest BCUT2D eigenvalue weighted by Gasteiger charge is -2.24. The predicted molar refractivity (Wildman–Crippen MR) is 91.6 cm³/mol. The minimum absolute atomic E-state index is 0.0378. The molecule has 0 aromatic carbocycles. The molecule has 1 aliphatic heterocycles. The topological polar surface area (TPSA) is 82.6 Å². The molecule has 0 aliphatic carbocycles. The fourth-order valence-electron chi connectivity index (χ4n) is 2.65. The molecular formula is C15H24N4O3S. The molecular weight excluding hydrogens is 316 g/mol. The standard InChI is InChI=1S/C15H24N4O3S/c1-4-19(5-2)14-7-6-12(10-16-14)17-15(20)18(3)13-8-9-23(21,22)11-13/h6-7,10,13H,4-5,8-9,11H2,1-3H3,(H,17,20)/t13-/m0/s1. The van der Waals surface area contributed by atoms with Crippen LogP contribution >= 0.6 is 0 Å². The maximum atomic E-state index is 12.2. The number of rotatable bonds is 5. The van der Waals surface area contributed by atoms with E-state index in [0.717, 1.165) is 18.9 Å².